The molecule has 0 aliphatic carbocycles. The van der Waals surface area contributed by atoms with Crippen LogP contribution in [0.15, 0.2) is 34.9 Å². The third-order valence-electron chi connectivity index (χ3n) is 4.96. The summed E-state index contributed by atoms with van der Waals surface area (Å²) in [6.45, 7) is 6.94. The van der Waals surface area contributed by atoms with Gasteiger partial charge >= 0.3 is 0 Å². The van der Waals surface area contributed by atoms with Crippen LogP contribution in [0.1, 0.15) is 47.9 Å². The molecule has 2 aromatic rings. The van der Waals surface area contributed by atoms with E-state index in [0.717, 1.165) is 36.7 Å². The van der Waals surface area contributed by atoms with Crippen LogP contribution >= 0.6 is 0 Å². The molecule has 1 atom stereocenters. The summed E-state index contributed by atoms with van der Waals surface area (Å²) in [5, 5.41) is 7.19. The molecular weight excluding hydrogens is 314 g/mol. The SMILES string of the molecule is Cc1noc(C)c1CCC(=O)N[C@@H](CN1CCCC1)c1ccccc1. The third-order valence-corrected chi connectivity index (χ3v) is 4.96. The average Bonchev–Trinajstić information content (AvgIpc) is 3.24. The van der Waals surface area contributed by atoms with Crippen LogP contribution in [0.25, 0.3) is 0 Å². The summed E-state index contributed by atoms with van der Waals surface area (Å²) in [7, 11) is 0. The number of amides is 1. The van der Waals surface area contributed by atoms with Gasteiger partial charge in [-0.05, 0) is 51.8 Å². The van der Waals surface area contributed by atoms with E-state index < -0.39 is 0 Å². The van der Waals surface area contributed by atoms with E-state index in [0.29, 0.717) is 12.8 Å². The van der Waals surface area contributed by atoms with Crippen molar-refractivity contribution >= 4 is 5.91 Å². The van der Waals surface area contributed by atoms with E-state index in [1.807, 2.05) is 32.0 Å². The fourth-order valence-corrected chi connectivity index (χ4v) is 3.51. The third kappa shape index (κ3) is 4.69. The van der Waals surface area contributed by atoms with E-state index in [1.165, 1.54) is 18.4 Å². The van der Waals surface area contributed by atoms with Crippen molar-refractivity contribution in [2.24, 2.45) is 0 Å². The fourth-order valence-electron chi connectivity index (χ4n) is 3.51. The van der Waals surface area contributed by atoms with Crippen LogP contribution in [0, 0.1) is 13.8 Å². The van der Waals surface area contributed by atoms with Crippen molar-refractivity contribution in [1.82, 2.24) is 15.4 Å². The summed E-state index contributed by atoms with van der Waals surface area (Å²) < 4.78 is 5.18. The van der Waals surface area contributed by atoms with E-state index in [-0.39, 0.29) is 11.9 Å². The summed E-state index contributed by atoms with van der Waals surface area (Å²) in [6, 6.07) is 10.3. The van der Waals surface area contributed by atoms with Gasteiger partial charge in [0.05, 0.1) is 11.7 Å². The number of carbonyl (C=O) groups excluding carboxylic acids is 1. The number of nitrogens with zero attached hydrogens (tertiary/aromatic N) is 2. The van der Waals surface area contributed by atoms with Crippen LogP contribution in [0.3, 0.4) is 0 Å². The highest BCUT2D eigenvalue weighted by Crippen LogP contribution is 2.19. The van der Waals surface area contributed by atoms with Gasteiger partial charge in [0.2, 0.25) is 5.91 Å². The lowest BCUT2D eigenvalue weighted by Crippen LogP contribution is -2.37. The van der Waals surface area contributed by atoms with Crippen LogP contribution in [-0.2, 0) is 11.2 Å². The second-order valence-corrected chi connectivity index (χ2v) is 6.84. The van der Waals surface area contributed by atoms with E-state index in [1.54, 1.807) is 0 Å². The molecule has 5 heteroatoms. The molecule has 1 fully saturated rings. The lowest BCUT2D eigenvalue weighted by molar-refractivity contribution is -0.121. The first-order chi connectivity index (χ1) is 12.1. The predicted octanol–water partition coefficient (Wildman–Crippen LogP) is 3.18. The van der Waals surface area contributed by atoms with Gasteiger partial charge in [-0.1, -0.05) is 35.5 Å². The molecule has 0 radical (unpaired) electrons. The molecule has 1 N–H and O–H groups in total. The molecule has 134 valence electrons. The second kappa shape index (κ2) is 8.30. The van der Waals surface area contributed by atoms with Gasteiger partial charge < -0.3 is 14.7 Å². The molecule has 0 spiro atoms. The number of hydrogen-bond donors (Lipinski definition) is 1. The van der Waals surface area contributed by atoms with Gasteiger partial charge in [-0.3, -0.25) is 4.79 Å². The van der Waals surface area contributed by atoms with Gasteiger partial charge in [-0.25, -0.2) is 0 Å². The zero-order valence-electron chi connectivity index (χ0n) is 15.1. The number of rotatable bonds is 7. The van der Waals surface area contributed by atoms with Crippen molar-refractivity contribution < 1.29 is 9.32 Å². The monoisotopic (exact) mass is 341 g/mol. The summed E-state index contributed by atoms with van der Waals surface area (Å²) in [6.07, 6.45) is 3.62. The maximum atomic E-state index is 12.5. The second-order valence-electron chi connectivity index (χ2n) is 6.84. The molecule has 0 unspecified atom stereocenters. The van der Waals surface area contributed by atoms with Crippen molar-refractivity contribution in [1.29, 1.82) is 0 Å². The Kier molecular flexibility index (Phi) is 5.87. The lowest BCUT2D eigenvalue weighted by atomic mass is 10.0. The number of carbonyl (C=O) groups is 1. The van der Waals surface area contributed by atoms with Gasteiger partial charge in [0.25, 0.3) is 0 Å². The first kappa shape index (κ1) is 17.7. The van der Waals surface area contributed by atoms with Crippen molar-refractivity contribution in [3.63, 3.8) is 0 Å². The van der Waals surface area contributed by atoms with E-state index in [2.05, 4.69) is 27.5 Å². The smallest absolute Gasteiger partial charge is 0.220 e. The van der Waals surface area contributed by atoms with Crippen LogP contribution in [0.4, 0.5) is 0 Å². The molecule has 1 aliphatic heterocycles. The normalized spacial score (nSPS) is 16.1. The molecule has 0 bridgehead atoms. The maximum Gasteiger partial charge on any atom is 0.220 e. The van der Waals surface area contributed by atoms with Crippen molar-refractivity contribution in [2.75, 3.05) is 19.6 Å². The number of aromatic nitrogens is 1. The molecule has 0 saturated carbocycles. The Morgan fingerprint density at radius 1 is 1.24 bits per heavy atom. The molecular formula is C20H27N3O2. The molecule has 3 rings (SSSR count). The molecule has 1 saturated heterocycles. The summed E-state index contributed by atoms with van der Waals surface area (Å²) >= 11 is 0. The Balaban J connectivity index is 1.61. The summed E-state index contributed by atoms with van der Waals surface area (Å²) in [4.78, 5) is 15.0. The quantitative estimate of drug-likeness (QED) is 0.840. The predicted molar refractivity (Wildman–Crippen MR) is 97.3 cm³/mol. The topological polar surface area (TPSA) is 58.4 Å². The zero-order chi connectivity index (χ0) is 17.6. The highest BCUT2D eigenvalue weighted by atomic mass is 16.5. The largest absolute Gasteiger partial charge is 0.361 e. The van der Waals surface area contributed by atoms with E-state index in [4.69, 9.17) is 4.52 Å². The molecule has 5 nitrogen and oxygen atoms in total. The molecule has 1 amide bonds. The van der Waals surface area contributed by atoms with E-state index in [9.17, 15) is 4.79 Å². The number of nitrogens with one attached hydrogen (secondary N) is 1. The highest BCUT2D eigenvalue weighted by Gasteiger charge is 2.21. The Hall–Kier alpha value is -2.14. The molecule has 2 heterocycles. The highest BCUT2D eigenvalue weighted by molar-refractivity contribution is 5.76. The van der Waals surface area contributed by atoms with Crippen molar-refractivity contribution in [3.8, 4) is 0 Å². The number of hydrogen-bond acceptors (Lipinski definition) is 4. The molecule has 1 aromatic carbocycles. The van der Waals surface area contributed by atoms with Gasteiger partial charge in [-0.15, -0.1) is 0 Å². The Morgan fingerprint density at radius 3 is 2.60 bits per heavy atom. The van der Waals surface area contributed by atoms with E-state index >= 15 is 0 Å². The maximum absolute atomic E-state index is 12.5. The minimum absolute atomic E-state index is 0.0384. The molecule has 25 heavy (non-hydrogen) atoms. The standard InChI is InChI=1S/C20H27N3O2/c1-15-18(16(2)25-22-15)10-11-20(24)21-19(14-23-12-6-7-13-23)17-8-4-3-5-9-17/h3-5,8-9,19H,6-7,10-14H2,1-2H3,(H,21,24)/t19-/m0/s1. The Bertz CT molecular complexity index is 671. The van der Waals surface area contributed by atoms with Gasteiger partial charge in [-0.2, -0.15) is 0 Å². The number of aryl methyl sites for hydroxylation is 2. The van der Waals surface area contributed by atoms with Gasteiger partial charge in [0.1, 0.15) is 5.76 Å². The first-order valence-corrected chi connectivity index (χ1v) is 9.12. The van der Waals surface area contributed by atoms with Crippen molar-refractivity contribution in [2.45, 2.75) is 45.6 Å². The van der Waals surface area contributed by atoms with Crippen LogP contribution in [0.2, 0.25) is 0 Å². The zero-order valence-corrected chi connectivity index (χ0v) is 15.1. The molecule has 1 aromatic heterocycles. The van der Waals surface area contributed by atoms with Crippen molar-refractivity contribution in [3.05, 3.63) is 52.9 Å². The number of benzene rings is 1. The summed E-state index contributed by atoms with van der Waals surface area (Å²) in [5.74, 6) is 0.884. The first-order valence-electron chi connectivity index (χ1n) is 9.12. The molecule has 1 aliphatic rings. The Labute approximate surface area is 149 Å². The van der Waals surface area contributed by atoms with Crippen LogP contribution in [0.5, 0.6) is 0 Å². The lowest BCUT2D eigenvalue weighted by Gasteiger charge is -2.25. The average molecular weight is 341 g/mol. The van der Waals surface area contributed by atoms with Gasteiger partial charge in [0.15, 0.2) is 0 Å². The Morgan fingerprint density at radius 2 is 1.96 bits per heavy atom. The van der Waals surface area contributed by atoms with Gasteiger partial charge in [0, 0.05) is 18.5 Å². The minimum Gasteiger partial charge on any atom is -0.361 e. The summed E-state index contributed by atoms with van der Waals surface area (Å²) in [5.41, 5.74) is 3.09. The van der Waals surface area contributed by atoms with Crippen LogP contribution in [-0.4, -0.2) is 35.6 Å². The fraction of sp³-hybridized carbons (Fsp3) is 0.500. The van der Waals surface area contributed by atoms with Crippen LogP contribution < -0.4 is 5.32 Å². The number of likely N-dealkylation sites (tertiary alicyclic amines) is 1. The minimum atomic E-state index is 0.0384.